The molecule has 5 heteroatoms. The van der Waals surface area contributed by atoms with Crippen LogP contribution in [0.4, 0.5) is 5.82 Å². The SMILES string of the molecule is c1cc(N2CCOCC2)nnc1CNCC1CC1. The molecule has 0 amide bonds. The molecule has 0 aromatic carbocycles. The highest BCUT2D eigenvalue weighted by atomic mass is 16.5. The van der Waals surface area contributed by atoms with Gasteiger partial charge in [0.15, 0.2) is 5.82 Å². The lowest BCUT2D eigenvalue weighted by atomic mass is 10.3. The molecule has 2 fully saturated rings. The Labute approximate surface area is 108 Å². The van der Waals surface area contributed by atoms with Crippen LogP contribution in [-0.2, 0) is 11.3 Å². The third-order valence-corrected chi connectivity index (χ3v) is 3.48. The summed E-state index contributed by atoms with van der Waals surface area (Å²) in [6.07, 6.45) is 2.77. The maximum atomic E-state index is 5.33. The average Bonchev–Trinajstić information content (AvgIpc) is 3.25. The van der Waals surface area contributed by atoms with Gasteiger partial charge in [-0.15, -0.1) is 5.10 Å². The average molecular weight is 248 g/mol. The van der Waals surface area contributed by atoms with Crippen LogP contribution in [0.3, 0.4) is 0 Å². The van der Waals surface area contributed by atoms with E-state index in [4.69, 9.17) is 4.74 Å². The van der Waals surface area contributed by atoms with E-state index >= 15 is 0 Å². The molecule has 1 aromatic heterocycles. The molecular formula is C13H20N4O. The lowest BCUT2D eigenvalue weighted by Gasteiger charge is -2.27. The van der Waals surface area contributed by atoms with Crippen LogP contribution >= 0.6 is 0 Å². The third kappa shape index (κ3) is 3.17. The molecule has 18 heavy (non-hydrogen) atoms. The van der Waals surface area contributed by atoms with Gasteiger partial charge >= 0.3 is 0 Å². The van der Waals surface area contributed by atoms with E-state index in [0.29, 0.717) is 0 Å². The van der Waals surface area contributed by atoms with Gasteiger partial charge in [0.2, 0.25) is 0 Å². The molecule has 0 atom stereocenters. The smallest absolute Gasteiger partial charge is 0.151 e. The molecule has 1 N–H and O–H groups in total. The Hall–Kier alpha value is -1.20. The van der Waals surface area contributed by atoms with Crippen LogP contribution in [0.2, 0.25) is 0 Å². The van der Waals surface area contributed by atoms with Crippen LogP contribution in [0.1, 0.15) is 18.5 Å². The predicted octanol–water partition coefficient (Wildman–Crippen LogP) is 0.813. The van der Waals surface area contributed by atoms with E-state index in [-0.39, 0.29) is 0 Å². The van der Waals surface area contributed by atoms with Gasteiger partial charge in [-0.1, -0.05) is 0 Å². The van der Waals surface area contributed by atoms with E-state index in [1.165, 1.54) is 12.8 Å². The third-order valence-electron chi connectivity index (χ3n) is 3.48. The van der Waals surface area contributed by atoms with Crippen LogP contribution in [0.15, 0.2) is 12.1 Å². The van der Waals surface area contributed by atoms with Gasteiger partial charge in [0, 0.05) is 19.6 Å². The van der Waals surface area contributed by atoms with Crippen LogP contribution in [-0.4, -0.2) is 43.0 Å². The van der Waals surface area contributed by atoms with E-state index in [1.807, 2.05) is 0 Å². The van der Waals surface area contributed by atoms with Crippen molar-refractivity contribution in [2.24, 2.45) is 5.92 Å². The summed E-state index contributed by atoms with van der Waals surface area (Å²) in [5.74, 6) is 1.87. The number of anilines is 1. The second-order valence-corrected chi connectivity index (χ2v) is 5.06. The van der Waals surface area contributed by atoms with Gasteiger partial charge in [-0.25, -0.2) is 0 Å². The summed E-state index contributed by atoms with van der Waals surface area (Å²) in [6, 6.07) is 4.13. The summed E-state index contributed by atoms with van der Waals surface area (Å²) in [4.78, 5) is 2.22. The minimum absolute atomic E-state index is 0.784. The first kappa shape index (κ1) is 11.9. The topological polar surface area (TPSA) is 50.3 Å². The molecule has 5 nitrogen and oxygen atoms in total. The number of nitrogens with one attached hydrogen (secondary N) is 1. The molecule has 0 bridgehead atoms. The van der Waals surface area contributed by atoms with Gasteiger partial charge < -0.3 is 15.0 Å². The largest absolute Gasteiger partial charge is 0.378 e. The zero-order valence-corrected chi connectivity index (χ0v) is 10.6. The fourth-order valence-electron chi connectivity index (χ4n) is 2.13. The predicted molar refractivity (Wildman–Crippen MR) is 69.5 cm³/mol. The van der Waals surface area contributed by atoms with Crippen LogP contribution < -0.4 is 10.2 Å². The zero-order chi connectivity index (χ0) is 12.2. The molecule has 2 aliphatic rings. The fourth-order valence-corrected chi connectivity index (χ4v) is 2.13. The number of rotatable bonds is 5. The molecule has 0 unspecified atom stereocenters. The first-order valence-electron chi connectivity index (χ1n) is 6.78. The minimum atomic E-state index is 0.784. The lowest BCUT2D eigenvalue weighted by molar-refractivity contribution is 0.122. The molecule has 1 aromatic rings. The number of ether oxygens (including phenoxy) is 1. The molecule has 2 heterocycles. The van der Waals surface area contributed by atoms with E-state index in [0.717, 1.165) is 56.8 Å². The van der Waals surface area contributed by atoms with Gasteiger partial charge in [0.25, 0.3) is 0 Å². The summed E-state index contributed by atoms with van der Waals surface area (Å²) in [7, 11) is 0. The Balaban J connectivity index is 1.50. The van der Waals surface area contributed by atoms with Gasteiger partial charge in [-0.3, -0.25) is 0 Å². The Morgan fingerprint density at radius 2 is 2.06 bits per heavy atom. The Morgan fingerprint density at radius 3 is 2.72 bits per heavy atom. The molecule has 1 aliphatic carbocycles. The van der Waals surface area contributed by atoms with Crippen LogP contribution in [0.25, 0.3) is 0 Å². The Kier molecular flexibility index (Phi) is 3.71. The summed E-state index contributed by atoms with van der Waals surface area (Å²) in [5.41, 5.74) is 1.02. The highest BCUT2D eigenvalue weighted by Crippen LogP contribution is 2.27. The molecule has 0 radical (unpaired) electrons. The highest BCUT2D eigenvalue weighted by Gasteiger charge is 2.20. The number of aromatic nitrogens is 2. The second kappa shape index (κ2) is 5.63. The van der Waals surface area contributed by atoms with Crippen molar-refractivity contribution < 1.29 is 4.74 Å². The maximum absolute atomic E-state index is 5.33. The molecule has 98 valence electrons. The molecule has 1 aliphatic heterocycles. The van der Waals surface area contributed by atoms with Crippen molar-refractivity contribution in [1.82, 2.24) is 15.5 Å². The Morgan fingerprint density at radius 1 is 1.22 bits per heavy atom. The number of hydrogen-bond donors (Lipinski definition) is 1. The van der Waals surface area contributed by atoms with Gasteiger partial charge in [-0.2, -0.15) is 5.10 Å². The van der Waals surface area contributed by atoms with Gasteiger partial charge in [0.05, 0.1) is 18.9 Å². The standard InChI is InChI=1S/C13H20N4O/c1-2-11(1)9-14-10-12-3-4-13(16-15-12)17-5-7-18-8-6-17/h3-4,11,14H,1-2,5-10H2. The van der Waals surface area contributed by atoms with Gasteiger partial charge in [0.1, 0.15) is 0 Å². The molecule has 1 saturated carbocycles. The first-order chi connectivity index (χ1) is 8.92. The fraction of sp³-hybridized carbons (Fsp3) is 0.692. The number of nitrogens with zero attached hydrogens (tertiary/aromatic N) is 3. The first-order valence-corrected chi connectivity index (χ1v) is 6.78. The van der Waals surface area contributed by atoms with Crippen molar-refractivity contribution >= 4 is 5.82 Å². The number of hydrogen-bond acceptors (Lipinski definition) is 5. The summed E-state index contributed by atoms with van der Waals surface area (Å²) in [6.45, 7) is 5.33. The summed E-state index contributed by atoms with van der Waals surface area (Å²) < 4.78 is 5.33. The van der Waals surface area contributed by atoms with Crippen molar-refractivity contribution in [2.45, 2.75) is 19.4 Å². The monoisotopic (exact) mass is 248 g/mol. The molecule has 1 saturated heterocycles. The van der Waals surface area contributed by atoms with Crippen molar-refractivity contribution in [2.75, 3.05) is 37.7 Å². The van der Waals surface area contributed by atoms with Crippen molar-refractivity contribution in [3.63, 3.8) is 0 Å². The maximum Gasteiger partial charge on any atom is 0.151 e. The van der Waals surface area contributed by atoms with E-state index in [2.05, 4.69) is 32.5 Å². The van der Waals surface area contributed by atoms with Crippen molar-refractivity contribution in [3.8, 4) is 0 Å². The lowest BCUT2D eigenvalue weighted by Crippen LogP contribution is -2.36. The summed E-state index contributed by atoms with van der Waals surface area (Å²) in [5, 5.41) is 12.0. The Bertz CT molecular complexity index is 371. The van der Waals surface area contributed by atoms with Crippen molar-refractivity contribution in [3.05, 3.63) is 17.8 Å². The number of morpholine rings is 1. The van der Waals surface area contributed by atoms with E-state index < -0.39 is 0 Å². The quantitative estimate of drug-likeness (QED) is 0.836. The van der Waals surface area contributed by atoms with Crippen LogP contribution in [0, 0.1) is 5.92 Å². The second-order valence-electron chi connectivity index (χ2n) is 5.06. The van der Waals surface area contributed by atoms with Crippen LogP contribution in [0.5, 0.6) is 0 Å². The van der Waals surface area contributed by atoms with E-state index in [9.17, 15) is 0 Å². The summed E-state index contributed by atoms with van der Waals surface area (Å²) >= 11 is 0. The van der Waals surface area contributed by atoms with Gasteiger partial charge in [-0.05, 0) is 37.4 Å². The highest BCUT2D eigenvalue weighted by molar-refractivity contribution is 5.37. The molecule has 0 spiro atoms. The minimum Gasteiger partial charge on any atom is -0.378 e. The van der Waals surface area contributed by atoms with E-state index in [1.54, 1.807) is 0 Å². The zero-order valence-electron chi connectivity index (χ0n) is 10.6. The molecular weight excluding hydrogens is 228 g/mol. The molecule has 3 rings (SSSR count). The van der Waals surface area contributed by atoms with Crippen molar-refractivity contribution in [1.29, 1.82) is 0 Å². The normalized spacial score (nSPS) is 20.1.